The fourth-order valence-electron chi connectivity index (χ4n) is 1.11. The predicted molar refractivity (Wildman–Crippen MR) is 40.7 cm³/mol. The molecule has 1 aliphatic heterocycles. The van der Waals surface area contributed by atoms with Gasteiger partial charge in [0.2, 0.25) is 6.41 Å². The van der Waals surface area contributed by atoms with Crippen molar-refractivity contribution in [3.8, 4) is 0 Å². The van der Waals surface area contributed by atoms with Crippen LogP contribution in [0.2, 0.25) is 0 Å². The molecule has 0 aromatic heterocycles. The Hall–Kier alpha value is -1.10. The van der Waals surface area contributed by atoms with Gasteiger partial charge in [0.25, 0.3) is 0 Å². The molecule has 0 aromatic carbocycles. The molecule has 0 bridgehead atoms. The van der Waals surface area contributed by atoms with E-state index in [1.54, 1.807) is 6.92 Å². The molecule has 1 unspecified atom stereocenters. The van der Waals surface area contributed by atoms with Crippen molar-refractivity contribution in [2.75, 3.05) is 6.54 Å². The fraction of sp³-hybridized carbons (Fsp3) is 0.500. The van der Waals surface area contributed by atoms with E-state index in [4.69, 9.17) is 11.6 Å². The summed E-state index contributed by atoms with van der Waals surface area (Å²) in [7, 11) is 0. The number of amides is 4. The van der Waals surface area contributed by atoms with Crippen LogP contribution in [-0.2, 0) is 4.79 Å². The quantitative estimate of drug-likeness (QED) is 0.346. The average molecular weight is 191 g/mol. The minimum absolute atomic E-state index is 0.209. The van der Waals surface area contributed by atoms with Gasteiger partial charge in [-0.25, -0.2) is 9.69 Å². The summed E-state index contributed by atoms with van der Waals surface area (Å²) in [4.78, 5) is 33.8. The second-order valence-electron chi connectivity index (χ2n) is 2.51. The number of hydrogen-bond donors (Lipinski definition) is 0. The first kappa shape index (κ1) is 8.99. The third-order valence-electron chi connectivity index (χ3n) is 1.67. The molecular weight excluding hydrogens is 184 g/mol. The van der Waals surface area contributed by atoms with Crippen LogP contribution in [0.1, 0.15) is 6.92 Å². The second kappa shape index (κ2) is 3.10. The Morgan fingerprint density at radius 2 is 2.33 bits per heavy atom. The van der Waals surface area contributed by atoms with E-state index >= 15 is 0 Å². The maximum atomic E-state index is 11.1. The Balaban J connectivity index is 2.84. The summed E-state index contributed by atoms with van der Waals surface area (Å²) in [6, 6.07) is -0.995. The smallest absolute Gasteiger partial charge is 0.278 e. The van der Waals surface area contributed by atoms with Crippen LogP contribution in [0.3, 0.4) is 0 Å². The van der Waals surface area contributed by atoms with E-state index < -0.39 is 11.4 Å². The summed E-state index contributed by atoms with van der Waals surface area (Å²) >= 11 is 5.12. The van der Waals surface area contributed by atoms with Crippen molar-refractivity contribution in [1.82, 2.24) is 9.80 Å². The van der Waals surface area contributed by atoms with Gasteiger partial charge in [0.15, 0.2) is 0 Å². The Kier molecular flexibility index (Phi) is 2.32. The van der Waals surface area contributed by atoms with Gasteiger partial charge in [-0.2, -0.15) is 0 Å². The number of urea groups is 1. The van der Waals surface area contributed by atoms with Crippen LogP contribution in [0.25, 0.3) is 0 Å². The summed E-state index contributed by atoms with van der Waals surface area (Å²) in [6.07, 6.45) is 0.388. The number of carbonyl (C=O) groups excluding carboxylic acids is 3. The van der Waals surface area contributed by atoms with Gasteiger partial charge in [0.1, 0.15) is 0 Å². The second-order valence-corrected chi connectivity index (χ2v) is 2.84. The monoisotopic (exact) mass is 190 g/mol. The minimum Gasteiger partial charge on any atom is -0.278 e. The van der Waals surface area contributed by atoms with Crippen molar-refractivity contribution in [3.63, 3.8) is 0 Å². The molecule has 0 radical (unpaired) electrons. The van der Waals surface area contributed by atoms with Crippen LogP contribution in [0.15, 0.2) is 0 Å². The maximum Gasteiger partial charge on any atom is 0.334 e. The van der Waals surface area contributed by atoms with Gasteiger partial charge >= 0.3 is 11.4 Å². The number of imide groups is 2. The molecule has 1 atom stereocenters. The van der Waals surface area contributed by atoms with E-state index in [-0.39, 0.29) is 12.6 Å². The minimum atomic E-state index is -0.850. The van der Waals surface area contributed by atoms with Crippen LogP contribution in [0.5, 0.6) is 0 Å². The molecule has 4 amide bonds. The van der Waals surface area contributed by atoms with E-state index in [1.165, 1.54) is 0 Å². The lowest BCUT2D eigenvalue weighted by Gasteiger charge is -2.12. The van der Waals surface area contributed by atoms with Crippen LogP contribution < -0.4 is 0 Å². The molecule has 5 nitrogen and oxygen atoms in total. The van der Waals surface area contributed by atoms with E-state index in [0.29, 0.717) is 6.41 Å². The van der Waals surface area contributed by atoms with Crippen LogP contribution in [-0.4, -0.2) is 40.2 Å². The highest BCUT2D eigenvalue weighted by Gasteiger charge is 2.37. The van der Waals surface area contributed by atoms with Crippen molar-refractivity contribution in [3.05, 3.63) is 0 Å². The molecule has 1 aliphatic rings. The maximum absolute atomic E-state index is 11.1. The molecule has 1 fully saturated rings. The Morgan fingerprint density at radius 3 is 2.58 bits per heavy atom. The molecule has 1 saturated heterocycles. The summed E-state index contributed by atoms with van der Waals surface area (Å²) in [5, 5.41) is -0.850. The van der Waals surface area contributed by atoms with Gasteiger partial charge in [-0.05, 0) is 18.5 Å². The van der Waals surface area contributed by atoms with Crippen LogP contribution >= 0.6 is 11.6 Å². The van der Waals surface area contributed by atoms with Gasteiger partial charge in [-0.3, -0.25) is 14.5 Å². The summed E-state index contributed by atoms with van der Waals surface area (Å²) < 4.78 is 0. The summed E-state index contributed by atoms with van der Waals surface area (Å²) in [5.74, 6) is 0. The number of carbonyl (C=O) groups is 3. The van der Waals surface area contributed by atoms with E-state index in [9.17, 15) is 14.4 Å². The van der Waals surface area contributed by atoms with Gasteiger partial charge in [-0.15, -0.1) is 0 Å². The average Bonchev–Trinajstić information content (AvgIpc) is 2.25. The first-order chi connectivity index (χ1) is 5.57. The zero-order chi connectivity index (χ0) is 9.30. The van der Waals surface area contributed by atoms with Gasteiger partial charge in [-0.1, -0.05) is 0 Å². The molecule has 66 valence electrons. The van der Waals surface area contributed by atoms with Crippen molar-refractivity contribution >= 4 is 29.4 Å². The van der Waals surface area contributed by atoms with Crippen molar-refractivity contribution in [2.45, 2.75) is 13.0 Å². The molecule has 0 N–H and O–H groups in total. The molecule has 12 heavy (non-hydrogen) atoms. The zero-order valence-corrected chi connectivity index (χ0v) is 7.11. The van der Waals surface area contributed by atoms with Crippen LogP contribution in [0, 0.1) is 0 Å². The number of hydrogen-bond acceptors (Lipinski definition) is 3. The highest BCUT2D eigenvalue weighted by molar-refractivity contribution is 6.64. The number of rotatable bonds is 1. The predicted octanol–water partition coefficient (Wildman–Crippen LogP) is 0.628. The molecule has 0 aliphatic carbocycles. The summed E-state index contributed by atoms with van der Waals surface area (Å²) in [5.41, 5.74) is 0. The van der Waals surface area contributed by atoms with Gasteiger partial charge in [0, 0.05) is 0 Å². The molecule has 1 rings (SSSR count). The molecule has 0 saturated carbocycles. The van der Waals surface area contributed by atoms with E-state index in [2.05, 4.69) is 0 Å². The Bertz CT molecular complexity index is 243. The van der Waals surface area contributed by atoms with Gasteiger partial charge < -0.3 is 0 Å². The molecule has 6 heteroatoms. The lowest BCUT2D eigenvalue weighted by molar-refractivity contribution is -0.115. The number of nitrogens with zero attached hydrogens (tertiary/aromatic N) is 2. The third kappa shape index (κ3) is 1.27. The fourth-order valence-corrected chi connectivity index (χ4v) is 1.35. The van der Waals surface area contributed by atoms with Crippen molar-refractivity contribution in [1.29, 1.82) is 0 Å². The first-order valence-electron chi connectivity index (χ1n) is 3.32. The molecule has 0 aromatic rings. The molecular formula is C6H7ClN2O3. The van der Waals surface area contributed by atoms with E-state index in [1.807, 2.05) is 0 Å². The topological polar surface area (TPSA) is 57.7 Å². The molecule has 1 heterocycles. The largest absolute Gasteiger partial charge is 0.334 e. The Labute approximate surface area is 73.9 Å². The van der Waals surface area contributed by atoms with Crippen molar-refractivity contribution in [2.24, 2.45) is 0 Å². The Morgan fingerprint density at radius 1 is 1.75 bits per heavy atom. The lowest BCUT2D eigenvalue weighted by atomic mass is 10.3. The SMILES string of the molecule is CC1CN(C=O)C(=O)N1C(=O)Cl. The van der Waals surface area contributed by atoms with E-state index in [0.717, 1.165) is 9.80 Å². The third-order valence-corrected chi connectivity index (χ3v) is 1.85. The lowest BCUT2D eigenvalue weighted by Crippen LogP contribution is -2.35. The highest BCUT2D eigenvalue weighted by Crippen LogP contribution is 2.15. The van der Waals surface area contributed by atoms with Crippen molar-refractivity contribution < 1.29 is 14.4 Å². The van der Waals surface area contributed by atoms with Gasteiger partial charge in [0.05, 0.1) is 12.6 Å². The molecule has 0 spiro atoms. The normalized spacial score (nSPS) is 23.2. The summed E-state index contributed by atoms with van der Waals surface area (Å²) in [6.45, 7) is 1.85. The zero-order valence-electron chi connectivity index (χ0n) is 6.36. The first-order valence-corrected chi connectivity index (χ1v) is 3.70. The number of halogens is 1. The highest BCUT2D eigenvalue weighted by atomic mass is 35.5. The van der Waals surface area contributed by atoms with Crippen LogP contribution in [0.4, 0.5) is 9.59 Å². The standard InChI is InChI=1S/C6H7ClN2O3/c1-4-2-8(3-10)6(12)9(4)5(7)11/h3-4H,2H2,1H3.